The molecule has 2 aromatic rings. The molecule has 0 aliphatic carbocycles. The second-order valence-corrected chi connectivity index (χ2v) is 7.26. The summed E-state index contributed by atoms with van der Waals surface area (Å²) in [6.45, 7) is 1.67. The van der Waals surface area contributed by atoms with Crippen LogP contribution in [0.1, 0.15) is 23.6 Å². The number of hydrogen-bond acceptors (Lipinski definition) is 5. The Balaban J connectivity index is 2.14. The van der Waals surface area contributed by atoms with Crippen molar-refractivity contribution in [3.05, 3.63) is 41.2 Å². The number of carbonyl (C=O) groups is 1. The van der Waals surface area contributed by atoms with Crippen LogP contribution in [0.3, 0.4) is 0 Å². The third-order valence-corrected chi connectivity index (χ3v) is 5.65. The Morgan fingerprint density at radius 2 is 2.20 bits per heavy atom. The van der Waals surface area contributed by atoms with Crippen LogP contribution in [0.5, 0.6) is 0 Å². The van der Waals surface area contributed by atoms with Gasteiger partial charge in [0.1, 0.15) is 9.97 Å². The van der Waals surface area contributed by atoms with Gasteiger partial charge >= 0.3 is 5.97 Å². The number of rotatable bonds is 6. The number of furan rings is 1. The predicted molar refractivity (Wildman–Crippen MR) is 73.1 cm³/mol. The summed E-state index contributed by atoms with van der Waals surface area (Å²) in [5, 5.41) is 8.68. The van der Waals surface area contributed by atoms with E-state index in [1.165, 1.54) is 18.4 Å². The summed E-state index contributed by atoms with van der Waals surface area (Å²) in [5.74, 6) is -0.483. The molecule has 6 nitrogen and oxygen atoms in total. The van der Waals surface area contributed by atoms with Gasteiger partial charge in [-0.05, 0) is 31.2 Å². The van der Waals surface area contributed by atoms with Gasteiger partial charge in [-0.1, -0.05) is 0 Å². The van der Waals surface area contributed by atoms with E-state index in [0.29, 0.717) is 10.6 Å². The lowest BCUT2D eigenvalue weighted by Gasteiger charge is -2.10. The van der Waals surface area contributed by atoms with Crippen LogP contribution in [-0.2, 0) is 21.2 Å². The van der Waals surface area contributed by atoms with Crippen molar-refractivity contribution in [2.24, 2.45) is 0 Å². The number of nitrogens with one attached hydrogen (secondary N) is 1. The van der Waals surface area contributed by atoms with Gasteiger partial charge in [0.05, 0.1) is 18.7 Å². The van der Waals surface area contributed by atoms with Crippen molar-refractivity contribution in [1.29, 1.82) is 0 Å². The highest BCUT2D eigenvalue weighted by atomic mass is 32.2. The van der Waals surface area contributed by atoms with Crippen LogP contribution < -0.4 is 4.72 Å². The monoisotopic (exact) mass is 315 g/mol. The van der Waals surface area contributed by atoms with E-state index in [1.807, 2.05) is 0 Å². The van der Waals surface area contributed by atoms with Crippen molar-refractivity contribution >= 4 is 27.3 Å². The molecule has 2 heterocycles. The van der Waals surface area contributed by atoms with Crippen molar-refractivity contribution in [3.8, 4) is 0 Å². The van der Waals surface area contributed by atoms with E-state index < -0.39 is 22.0 Å². The lowest BCUT2D eigenvalue weighted by molar-refractivity contribution is -0.136. The number of sulfonamides is 1. The van der Waals surface area contributed by atoms with E-state index in [9.17, 15) is 13.2 Å². The normalized spacial score (nSPS) is 13.2. The van der Waals surface area contributed by atoms with E-state index in [2.05, 4.69) is 4.72 Å². The fourth-order valence-electron chi connectivity index (χ4n) is 1.63. The molecule has 0 amide bonds. The van der Waals surface area contributed by atoms with Gasteiger partial charge < -0.3 is 9.52 Å². The summed E-state index contributed by atoms with van der Waals surface area (Å²) in [4.78, 5) is 11.1. The molecule has 0 radical (unpaired) electrons. The van der Waals surface area contributed by atoms with Crippen molar-refractivity contribution in [2.45, 2.75) is 23.6 Å². The van der Waals surface area contributed by atoms with E-state index in [0.717, 1.165) is 11.3 Å². The summed E-state index contributed by atoms with van der Waals surface area (Å²) in [6.07, 6.45) is 1.28. The van der Waals surface area contributed by atoms with Crippen LogP contribution in [0, 0.1) is 0 Å². The minimum Gasteiger partial charge on any atom is -0.481 e. The summed E-state index contributed by atoms with van der Waals surface area (Å²) in [5.41, 5.74) is 0. The summed E-state index contributed by atoms with van der Waals surface area (Å²) >= 11 is 0.945. The molecule has 108 valence electrons. The number of thiophene rings is 1. The summed E-state index contributed by atoms with van der Waals surface area (Å²) in [6, 6.07) is 5.76. The van der Waals surface area contributed by atoms with Crippen LogP contribution in [-0.4, -0.2) is 19.5 Å². The van der Waals surface area contributed by atoms with E-state index in [-0.39, 0.29) is 10.6 Å². The highest BCUT2D eigenvalue weighted by Gasteiger charge is 2.22. The molecule has 0 saturated carbocycles. The SMILES string of the molecule is C[C@@H](NS(=O)(=O)c1ccc(CC(=O)O)s1)c1ccco1. The number of carboxylic acid groups (broad SMARTS) is 1. The molecule has 0 saturated heterocycles. The molecular weight excluding hydrogens is 302 g/mol. The highest BCUT2D eigenvalue weighted by Crippen LogP contribution is 2.24. The maximum absolute atomic E-state index is 12.1. The maximum Gasteiger partial charge on any atom is 0.308 e. The number of carboxylic acids is 1. The zero-order valence-electron chi connectivity index (χ0n) is 10.6. The molecule has 2 aromatic heterocycles. The van der Waals surface area contributed by atoms with Gasteiger partial charge in [0.25, 0.3) is 10.0 Å². The van der Waals surface area contributed by atoms with Crippen molar-refractivity contribution < 1.29 is 22.7 Å². The van der Waals surface area contributed by atoms with Gasteiger partial charge in [-0.3, -0.25) is 4.79 Å². The molecule has 0 aromatic carbocycles. The Hall–Kier alpha value is -1.64. The molecule has 0 aliphatic rings. The Kier molecular flexibility index (Phi) is 4.26. The molecule has 1 atom stereocenters. The first-order chi connectivity index (χ1) is 9.38. The van der Waals surface area contributed by atoms with E-state index in [1.54, 1.807) is 19.1 Å². The van der Waals surface area contributed by atoms with Crippen LogP contribution in [0.25, 0.3) is 0 Å². The van der Waals surface area contributed by atoms with Gasteiger partial charge in [-0.15, -0.1) is 11.3 Å². The Bertz CT molecular complexity index is 687. The molecule has 2 N–H and O–H groups in total. The Morgan fingerprint density at radius 3 is 2.80 bits per heavy atom. The maximum atomic E-state index is 12.1. The smallest absolute Gasteiger partial charge is 0.308 e. The fraction of sp³-hybridized carbons (Fsp3) is 0.250. The largest absolute Gasteiger partial charge is 0.481 e. The third kappa shape index (κ3) is 3.47. The number of hydrogen-bond donors (Lipinski definition) is 2. The zero-order chi connectivity index (χ0) is 14.8. The lowest BCUT2D eigenvalue weighted by atomic mass is 10.3. The standard InChI is InChI=1S/C12H13NO5S2/c1-8(10-3-2-6-18-10)13-20(16,17)12-5-4-9(19-12)7-11(14)15/h2-6,8,13H,7H2,1H3,(H,14,15)/t8-/m1/s1. The van der Waals surface area contributed by atoms with E-state index >= 15 is 0 Å². The predicted octanol–water partition coefficient (Wildman–Crippen LogP) is 2.01. The average molecular weight is 315 g/mol. The van der Waals surface area contributed by atoms with Gasteiger partial charge in [0.2, 0.25) is 0 Å². The van der Waals surface area contributed by atoms with Crippen LogP contribution in [0.4, 0.5) is 0 Å². The Labute approximate surface area is 120 Å². The molecule has 0 unspecified atom stereocenters. The van der Waals surface area contributed by atoms with Crippen LogP contribution in [0.15, 0.2) is 39.2 Å². The zero-order valence-corrected chi connectivity index (χ0v) is 12.2. The van der Waals surface area contributed by atoms with E-state index in [4.69, 9.17) is 9.52 Å². The van der Waals surface area contributed by atoms with Gasteiger partial charge in [-0.25, -0.2) is 13.1 Å². The molecular formula is C12H13NO5S2. The van der Waals surface area contributed by atoms with Crippen molar-refractivity contribution in [2.75, 3.05) is 0 Å². The van der Waals surface area contributed by atoms with Gasteiger partial charge in [0, 0.05) is 4.88 Å². The summed E-state index contributed by atoms with van der Waals surface area (Å²) < 4.78 is 32.0. The summed E-state index contributed by atoms with van der Waals surface area (Å²) in [7, 11) is -3.68. The molecule has 8 heteroatoms. The molecule has 0 fully saturated rings. The topological polar surface area (TPSA) is 96.6 Å². The average Bonchev–Trinajstić information content (AvgIpc) is 2.97. The number of aliphatic carboxylic acids is 1. The van der Waals surface area contributed by atoms with Crippen LogP contribution >= 0.6 is 11.3 Å². The third-order valence-electron chi connectivity index (χ3n) is 2.53. The lowest BCUT2D eigenvalue weighted by Crippen LogP contribution is -2.25. The Morgan fingerprint density at radius 1 is 1.45 bits per heavy atom. The second-order valence-electron chi connectivity index (χ2n) is 4.15. The highest BCUT2D eigenvalue weighted by molar-refractivity contribution is 7.91. The second kappa shape index (κ2) is 5.78. The first-order valence-corrected chi connectivity index (χ1v) is 8.04. The minimum atomic E-state index is -3.68. The quantitative estimate of drug-likeness (QED) is 0.850. The van der Waals surface area contributed by atoms with Crippen molar-refractivity contribution in [1.82, 2.24) is 4.72 Å². The molecule has 0 aliphatic heterocycles. The van der Waals surface area contributed by atoms with Crippen molar-refractivity contribution in [3.63, 3.8) is 0 Å². The molecule has 0 bridgehead atoms. The first-order valence-electron chi connectivity index (χ1n) is 5.75. The molecule has 20 heavy (non-hydrogen) atoms. The fourth-order valence-corrected chi connectivity index (χ4v) is 4.21. The van der Waals surface area contributed by atoms with Crippen LogP contribution in [0.2, 0.25) is 0 Å². The first kappa shape index (κ1) is 14.8. The molecule has 2 rings (SSSR count). The van der Waals surface area contributed by atoms with Gasteiger partial charge in [-0.2, -0.15) is 0 Å². The molecule has 0 spiro atoms. The van der Waals surface area contributed by atoms with Gasteiger partial charge in [0.15, 0.2) is 0 Å². The minimum absolute atomic E-state index is 0.0900.